The topological polar surface area (TPSA) is 111 Å². The average molecular weight is 477 g/mol. The Bertz CT molecular complexity index is 1130. The lowest BCUT2D eigenvalue weighted by molar-refractivity contribution is 0.0817. The first-order valence-electron chi connectivity index (χ1n) is 10.6. The van der Waals surface area contributed by atoms with Crippen LogP contribution in [0, 0.1) is 23.4 Å². The molecule has 0 spiro atoms. The molecule has 12 heteroatoms. The first-order valence-corrected chi connectivity index (χ1v) is 10.6. The van der Waals surface area contributed by atoms with Crippen LogP contribution in [0.1, 0.15) is 36.4 Å². The number of aromatic nitrogens is 3. The van der Waals surface area contributed by atoms with Gasteiger partial charge in [0.15, 0.2) is 11.6 Å². The van der Waals surface area contributed by atoms with E-state index in [2.05, 4.69) is 25.8 Å². The lowest BCUT2D eigenvalue weighted by Crippen LogP contribution is -2.26. The second-order valence-electron chi connectivity index (χ2n) is 7.84. The summed E-state index contributed by atoms with van der Waals surface area (Å²) in [5, 5.41) is 11.9. The quantitative estimate of drug-likeness (QED) is 0.458. The van der Waals surface area contributed by atoms with Gasteiger partial charge in [0.25, 0.3) is 0 Å². The average Bonchev–Trinajstić information content (AvgIpc) is 3.29. The van der Waals surface area contributed by atoms with Crippen molar-refractivity contribution < 1.29 is 31.9 Å². The van der Waals surface area contributed by atoms with Crippen LogP contribution in [0.25, 0.3) is 0 Å². The van der Waals surface area contributed by atoms with Crippen LogP contribution in [0.15, 0.2) is 34.9 Å². The summed E-state index contributed by atoms with van der Waals surface area (Å²) in [7, 11) is 1.71. The maximum absolute atomic E-state index is 13.7. The van der Waals surface area contributed by atoms with E-state index in [1.807, 2.05) is 0 Å². The minimum atomic E-state index is -1.34. The Morgan fingerprint density at radius 1 is 1.09 bits per heavy atom. The number of ether oxygens (including phenoxy) is 2. The van der Waals surface area contributed by atoms with Crippen LogP contribution in [0.3, 0.4) is 0 Å². The van der Waals surface area contributed by atoms with E-state index in [-0.39, 0.29) is 12.1 Å². The molecule has 1 amide bonds. The largest absolute Gasteiger partial charge is 0.474 e. The highest BCUT2D eigenvalue weighted by Gasteiger charge is 2.23. The maximum Gasteiger partial charge on any atom is 0.320 e. The van der Waals surface area contributed by atoms with Crippen molar-refractivity contribution >= 4 is 23.3 Å². The van der Waals surface area contributed by atoms with Crippen molar-refractivity contribution in [2.45, 2.75) is 31.8 Å². The molecule has 2 aromatic heterocycles. The summed E-state index contributed by atoms with van der Waals surface area (Å²) >= 11 is 0. The number of methoxy groups -OCH3 is 1. The summed E-state index contributed by atoms with van der Waals surface area (Å²) in [6.07, 6.45) is 5.44. The molecule has 9 nitrogen and oxygen atoms in total. The zero-order chi connectivity index (χ0) is 24.1. The lowest BCUT2D eigenvalue weighted by atomic mass is 9.88. The molecule has 4 rings (SSSR count). The number of amides is 1. The van der Waals surface area contributed by atoms with Crippen LogP contribution in [-0.2, 0) is 4.74 Å². The SMILES string of the molecule is COCC1CCC(Oc2ccc(NC(=O)c3nnc(Nc4cc(F)c(F)cc4F)o3)cn2)CC1. The fourth-order valence-electron chi connectivity index (χ4n) is 3.63. The fourth-order valence-corrected chi connectivity index (χ4v) is 3.63. The van der Waals surface area contributed by atoms with Crippen LogP contribution in [-0.4, -0.2) is 40.9 Å². The Hall–Kier alpha value is -3.67. The maximum atomic E-state index is 13.7. The normalized spacial score (nSPS) is 17.9. The molecular formula is C22H22F3N5O4. The predicted octanol–water partition coefficient (Wildman–Crippen LogP) is 4.46. The molecule has 0 aliphatic heterocycles. The molecule has 180 valence electrons. The van der Waals surface area contributed by atoms with Gasteiger partial charge in [-0.2, -0.15) is 0 Å². The number of benzene rings is 1. The summed E-state index contributed by atoms with van der Waals surface area (Å²) in [6.45, 7) is 0.763. The number of rotatable bonds is 8. The number of pyridine rings is 1. The highest BCUT2D eigenvalue weighted by atomic mass is 19.2. The lowest BCUT2D eigenvalue weighted by Gasteiger charge is -2.28. The molecule has 0 radical (unpaired) electrons. The third-order valence-electron chi connectivity index (χ3n) is 5.35. The Kier molecular flexibility index (Phi) is 7.26. The molecule has 0 unspecified atom stereocenters. The van der Waals surface area contributed by atoms with Gasteiger partial charge in [0.2, 0.25) is 5.88 Å². The van der Waals surface area contributed by atoms with Gasteiger partial charge in [-0.1, -0.05) is 5.10 Å². The number of hydrogen-bond donors (Lipinski definition) is 2. The molecule has 3 aromatic rings. The number of carbonyl (C=O) groups excluding carboxylic acids is 1. The zero-order valence-corrected chi connectivity index (χ0v) is 18.2. The molecule has 34 heavy (non-hydrogen) atoms. The van der Waals surface area contributed by atoms with Gasteiger partial charge in [-0.3, -0.25) is 4.79 Å². The van der Waals surface area contributed by atoms with Crippen molar-refractivity contribution in [3.63, 3.8) is 0 Å². The standard InChI is InChI=1S/C22H22F3N5O4/c1-32-11-12-2-5-14(6-3-12)33-19-7-4-13(10-26-19)27-20(31)21-29-30-22(34-21)28-18-9-16(24)15(23)8-17(18)25/h4,7-10,12,14H,2-3,5-6,11H2,1H3,(H,27,31)(H,28,30). The summed E-state index contributed by atoms with van der Waals surface area (Å²) in [5.41, 5.74) is -0.0676. The third-order valence-corrected chi connectivity index (χ3v) is 5.35. The molecule has 1 aliphatic rings. The van der Waals surface area contributed by atoms with Gasteiger partial charge in [-0.05, 0) is 37.7 Å². The van der Waals surface area contributed by atoms with Gasteiger partial charge in [0, 0.05) is 31.9 Å². The van der Waals surface area contributed by atoms with E-state index in [0.717, 1.165) is 32.3 Å². The van der Waals surface area contributed by atoms with Gasteiger partial charge in [-0.15, -0.1) is 5.10 Å². The van der Waals surface area contributed by atoms with E-state index in [1.54, 1.807) is 19.2 Å². The van der Waals surface area contributed by atoms with E-state index in [0.29, 0.717) is 29.6 Å². The Labute approximate surface area is 192 Å². The Balaban J connectivity index is 1.30. The monoisotopic (exact) mass is 477 g/mol. The van der Waals surface area contributed by atoms with Crippen LogP contribution >= 0.6 is 0 Å². The molecule has 0 bridgehead atoms. The smallest absolute Gasteiger partial charge is 0.320 e. The van der Waals surface area contributed by atoms with Crippen LogP contribution in [0.2, 0.25) is 0 Å². The fraction of sp³-hybridized carbons (Fsp3) is 0.364. The van der Waals surface area contributed by atoms with E-state index in [4.69, 9.17) is 13.9 Å². The van der Waals surface area contributed by atoms with Crippen molar-refractivity contribution in [2.24, 2.45) is 5.92 Å². The number of halogens is 3. The molecule has 1 aromatic carbocycles. The minimum absolute atomic E-state index is 0.0878. The van der Waals surface area contributed by atoms with Crippen LogP contribution < -0.4 is 15.4 Å². The van der Waals surface area contributed by atoms with Gasteiger partial charge < -0.3 is 24.5 Å². The first-order chi connectivity index (χ1) is 16.4. The number of nitrogens with zero attached hydrogens (tertiary/aromatic N) is 3. The predicted molar refractivity (Wildman–Crippen MR) is 114 cm³/mol. The van der Waals surface area contributed by atoms with E-state index in [1.165, 1.54) is 6.20 Å². The molecule has 0 saturated heterocycles. The second-order valence-corrected chi connectivity index (χ2v) is 7.84. The molecule has 1 aliphatic carbocycles. The van der Waals surface area contributed by atoms with Gasteiger partial charge in [0.1, 0.15) is 11.9 Å². The van der Waals surface area contributed by atoms with Gasteiger partial charge in [-0.25, -0.2) is 18.2 Å². The number of anilines is 3. The molecular weight excluding hydrogens is 455 g/mol. The number of carbonyl (C=O) groups is 1. The van der Waals surface area contributed by atoms with Crippen molar-refractivity contribution in [3.05, 3.63) is 53.8 Å². The highest BCUT2D eigenvalue weighted by Crippen LogP contribution is 2.27. The van der Waals surface area contributed by atoms with Crippen LogP contribution in [0.5, 0.6) is 5.88 Å². The van der Waals surface area contributed by atoms with Crippen molar-refractivity contribution in [1.29, 1.82) is 0 Å². The first kappa shape index (κ1) is 23.5. The summed E-state index contributed by atoms with van der Waals surface area (Å²) in [5.74, 6) is -3.83. The van der Waals surface area contributed by atoms with E-state index >= 15 is 0 Å². The van der Waals surface area contributed by atoms with Crippen molar-refractivity contribution in [3.8, 4) is 5.88 Å². The molecule has 0 atom stereocenters. The number of nitrogens with one attached hydrogen (secondary N) is 2. The number of hydrogen-bond acceptors (Lipinski definition) is 8. The minimum Gasteiger partial charge on any atom is -0.474 e. The van der Waals surface area contributed by atoms with Gasteiger partial charge in [0.05, 0.1) is 17.6 Å². The summed E-state index contributed by atoms with van der Waals surface area (Å²) in [4.78, 5) is 16.6. The molecule has 1 saturated carbocycles. The van der Waals surface area contributed by atoms with E-state index in [9.17, 15) is 18.0 Å². The van der Waals surface area contributed by atoms with Crippen molar-refractivity contribution in [2.75, 3.05) is 24.4 Å². The van der Waals surface area contributed by atoms with E-state index < -0.39 is 34.9 Å². The Morgan fingerprint density at radius 2 is 1.85 bits per heavy atom. The van der Waals surface area contributed by atoms with Crippen molar-refractivity contribution in [1.82, 2.24) is 15.2 Å². The molecule has 2 N–H and O–H groups in total. The van der Waals surface area contributed by atoms with Gasteiger partial charge >= 0.3 is 17.8 Å². The third kappa shape index (κ3) is 5.81. The summed E-state index contributed by atoms with van der Waals surface area (Å²) < 4.78 is 56.3. The zero-order valence-electron chi connectivity index (χ0n) is 18.2. The second kappa shape index (κ2) is 10.5. The van der Waals surface area contributed by atoms with Crippen LogP contribution in [0.4, 0.5) is 30.6 Å². The highest BCUT2D eigenvalue weighted by molar-refractivity contribution is 6.00. The summed E-state index contributed by atoms with van der Waals surface area (Å²) in [6, 6.07) is 3.84. The molecule has 1 fully saturated rings. The Morgan fingerprint density at radius 3 is 2.56 bits per heavy atom. The molecule has 2 heterocycles.